The molecule has 0 aliphatic carbocycles. The van der Waals surface area contributed by atoms with Crippen molar-refractivity contribution in [3.63, 3.8) is 0 Å². The van der Waals surface area contributed by atoms with Crippen molar-refractivity contribution in [2.24, 2.45) is 0 Å². The minimum atomic E-state index is -3.29. The molecule has 1 heterocycles. The summed E-state index contributed by atoms with van der Waals surface area (Å²) in [7, 11) is -3.29. The fraction of sp³-hybridized carbons (Fsp3) is 0.480. The van der Waals surface area contributed by atoms with Crippen LogP contribution in [0.1, 0.15) is 31.4 Å². The number of amides is 1. The highest BCUT2D eigenvalue weighted by Crippen LogP contribution is 2.33. The molecule has 7 nitrogen and oxygen atoms in total. The van der Waals surface area contributed by atoms with Crippen LogP contribution in [-0.2, 0) is 26.8 Å². The van der Waals surface area contributed by atoms with Gasteiger partial charge in [-0.15, -0.1) is 0 Å². The highest BCUT2D eigenvalue weighted by Gasteiger charge is 2.37. The molecule has 0 spiro atoms. The lowest BCUT2D eigenvalue weighted by Gasteiger charge is -2.40. The zero-order valence-corrected chi connectivity index (χ0v) is 23.2. The molecule has 1 N–H and O–H groups in total. The molecule has 3 rings (SSSR count). The summed E-state index contributed by atoms with van der Waals surface area (Å²) in [5.41, 5.74) is 0.286. The average molecular weight is 579 g/mol. The van der Waals surface area contributed by atoms with E-state index in [0.29, 0.717) is 53.8 Å². The molecule has 1 unspecified atom stereocenters. The van der Waals surface area contributed by atoms with Crippen LogP contribution < -0.4 is 10.1 Å². The zero-order chi connectivity index (χ0) is 27.4. The van der Waals surface area contributed by atoms with Gasteiger partial charge < -0.3 is 15.0 Å². The topological polar surface area (TPSA) is 79.0 Å². The normalized spacial score (nSPS) is 19.0. The van der Waals surface area contributed by atoms with E-state index in [9.17, 15) is 22.0 Å². The monoisotopic (exact) mass is 577 g/mol. The molecule has 1 aliphatic heterocycles. The first-order valence-corrected chi connectivity index (χ1v) is 14.4. The van der Waals surface area contributed by atoms with Crippen LogP contribution in [0, 0.1) is 0 Å². The van der Waals surface area contributed by atoms with Gasteiger partial charge in [0.15, 0.2) is 0 Å². The van der Waals surface area contributed by atoms with E-state index in [2.05, 4.69) is 15.0 Å². The van der Waals surface area contributed by atoms with Crippen molar-refractivity contribution in [1.29, 1.82) is 0 Å². The molecular formula is C25H31Cl2F2N3O4S. The van der Waals surface area contributed by atoms with Crippen molar-refractivity contribution < 1.29 is 26.7 Å². The van der Waals surface area contributed by atoms with Crippen LogP contribution >= 0.6 is 23.2 Å². The molecule has 204 valence electrons. The first kappa shape index (κ1) is 29.6. The second-order valence-electron chi connectivity index (χ2n) is 9.44. The van der Waals surface area contributed by atoms with Gasteiger partial charge in [0.05, 0.1) is 21.7 Å². The third-order valence-corrected chi connectivity index (χ3v) is 8.77. The minimum absolute atomic E-state index is 0.0105. The summed E-state index contributed by atoms with van der Waals surface area (Å²) >= 11 is 12.4. The molecule has 37 heavy (non-hydrogen) atoms. The fourth-order valence-corrected chi connectivity index (χ4v) is 5.96. The summed E-state index contributed by atoms with van der Waals surface area (Å²) < 4.78 is 55.1. The van der Waals surface area contributed by atoms with E-state index in [1.165, 1.54) is 22.7 Å². The van der Waals surface area contributed by atoms with Gasteiger partial charge in [0.25, 0.3) is 0 Å². The average Bonchev–Trinajstić information content (AvgIpc) is 2.81. The van der Waals surface area contributed by atoms with Crippen LogP contribution in [0.3, 0.4) is 0 Å². The Hall–Kier alpha value is -1.98. The van der Waals surface area contributed by atoms with E-state index < -0.39 is 22.0 Å². The zero-order valence-electron chi connectivity index (χ0n) is 20.9. The number of carbonyl (C=O) groups is 1. The number of ether oxygens (including phenoxy) is 1. The number of benzene rings is 2. The van der Waals surface area contributed by atoms with Crippen molar-refractivity contribution in [1.82, 2.24) is 14.5 Å². The van der Waals surface area contributed by atoms with Gasteiger partial charge in [0.2, 0.25) is 15.9 Å². The summed E-state index contributed by atoms with van der Waals surface area (Å²) in [4.78, 5) is 15.7. The maximum atomic E-state index is 13.6. The van der Waals surface area contributed by atoms with Crippen LogP contribution in [0.15, 0.2) is 42.5 Å². The molecule has 1 amide bonds. The molecule has 2 atom stereocenters. The highest BCUT2D eigenvalue weighted by atomic mass is 35.5. The maximum absolute atomic E-state index is 13.6. The van der Waals surface area contributed by atoms with E-state index in [4.69, 9.17) is 23.2 Å². The van der Waals surface area contributed by atoms with Gasteiger partial charge in [-0.2, -0.15) is 13.1 Å². The number of carbonyl (C=O) groups excluding carboxylic acids is 1. The van der Waals surface area contributed by atoms with Crippen LogP contribution in [-0.4, -0.2) is 68.6 Å². The van der Waals surface area contributed by atoms with Crippen LogP contribution in [0.5, 0.6) is 5.75 Å². The Morgan fingerprint density at radius 3 is 2.54 bits per heavy atom. The van der Waals surface area contributed by atoms with Gasteiger partial charge >= 0.3 is 6.61 Å². The smallest absolute Gasteiger partial charge is 0.387 e. The molecule has 2 aromatic rings. The van der Waals surface area contributed by atoms with E-state index >= 15 is 0 Å². The summed E-state index contributed by atoms with van der Waals surface area (Å²) in [5.74, 6) is -0.259. The first-order chi connectivity index (χ1) is 17.3. The lowest BCUT2D eigenvalue weighted by atomic mass is 9.78. The Balaban J connectivity index is 1.76. The fourth-order valence-electron chi connectivity index (χ4n) is 4.53. The number of nitrogens with zero attached hydrogens (tertiary/aromatic N) is 2. The number of hydrogen-bond acceptors (Lipinski definition) is 5. The number of sulfonamides is 1. The van der Waals surface area contributed by atoms with E-state index in [-0.39, 0.29) is 24.2 Å². The quantitative estimate of drug-likeness (QED) is 0.449. The second kappa shape index (κ2) is 12.3. The Morgan fingerprint density at radius 2 is 1.92 bits per heavy atom. The summed E-state index contributed by atoms with van der Waals surface area (Å²) in [6, 6.07) is 11.0. The third kappa shape index (κ3) is 7.77. The molecule has 1 aliphatic rings. The second-order valence-corrected chi connectivity index (χ2v) is 12.2. The van der Waals surface area contributed by atoms with E-state index in [0.717, 1.165) is 0 Å². The Bertz CT molecular complexity index is 1220. The molecule has 2 aromatic carbocycles. The van der Waals surface area contributed by atoms with Crippen molar-refractivity contribution in [3.05, 3.63) is 63.6 Å². The number of halogens is 4. The standard InChI is InChI=1S/C25H31Cl2F2N3O4S/c1-17-16-31(11-12-32(17)37(3,34)35)10-9-25(2,19-7-8-21(26)22(27)14-19)23(33)30-15-18-5-4-6-20(13-18)36-24(28)29/h4-8,13-14,17,24H,9-12,15-16H2,1-3H3,(H,30,33)/t17-,25?/m0/s1. The molecule has 0 bridgehead atoms. The van der Waals surface area contributed by atoms with Crippen LogP contribution in [0.25, 0.3) is 0 Å². The van der Waals surface area contributed by atoms with Gasteiger partial charge in [0, 0.05) is 32.2 Å². The summed E-state index contributed by atoms with van der Waals surface area (Å²) in [6.07, 6.45) is 1.64. The maximum Gasteiger partial charge on any atom is 0.387 e. The largest absolute Gasteiger partial charge is 0.435 e. The predicted molar refractivity (Wildman–Crippen MR) is 141 cm³/mol. The summed E-state index contributed by atoms with van der Waals surface area (Å²) in [5, 5.41) is 3.61. The lowest BCUT2D eigenvalue weighted by Crippen LogP contribution is -2.54. The van der Waals surface area contributed by atoms with Gasteiger partial charge in [0.1, 0.15) is 5.75 Å². The Labute approximate surface area is 226 Å². The first-order valence-electron chi connectivity index (χ1n) is 11.8. The van der Waals surface area contributed by atoms with Gasteiger partial charge in [-0.3, -0.25) is 4.79 Å². The van der Waals surface area contributed by atoms with Gasteiger partial charge in [-0.05, 0) is 62.2 Å². The number of nitrogens with one attached hydrogen (secondary N) is 1. The van der Waals surface area contributed by atoms with Crippen LogP contribution in [0.4, 0.5) is 8.78 Å². The molecule has 1 fully saturated rings. The molecule has 0 saturated carbocycles. The molecule has 1 saturated heterocycles. The summed E-state index contributed by atoms with van der Waals surface area (Å²) in [6.45, 7) is 2.87. The SMILES string of the molecule is C[C@H]1CN(CCC(C)(C(=O)NCc2cccc(OC(F)F)c2)c2ccc(Cl)c(Cl)c2)CCN1S(C)(=O)=O. The predicted octanol–water partition coefficient (Wildman–Crippen LogP) is 4.52. The highest BCUT2D eigenvalue weighted by molar-refractivity contribution is 7.88. The molecule has 0 radical (unpaired) electrons. The van der Waals surface area contributed by atoms with E-state index in [1.807, 2.05) is 13.8 Å². The molecule has 0 aromatic heterocycles. The molecule has 12 heteroatoms. The third-order valence-electron chi connectivity index (χ3n) is 6.64. The van der Waals surface area contributed by atoms with Gasteiger partial charge in [-0.1, -0.05) is 41.4 Å². The number of rotatable bonds is 10. The lowest BCUT2D eigenvalue weighted by molar-refractivity contribution is -0.126. The Kier molecular flexibility index (Phi) is 9.79. The van der Waals surface area contributed by atoms with Gasteiger partial charge in [-0.25, -0.2) is 8.42 Å². The van der Waals surface area contributed by atoms with Crippen molar-refractivity contribution >= 4 is 39.1 Å². The molecular weight excluding hydrogens is 547 g/mol. The minimum Gasteiger partial charge on any atom is -0.435 e. The Morgan fingerprint density at radius 1 is 1.19 bits per heavy atom. The van der Waals surface area contributed by atoms with Crippen molar-refractivity contribution in [3.8, 4) is 5.75 Å². The van der Waals surface area contributed by atoms with E-state index in [1.54, 1.807) is 30.3 Å². The van der Waals surface area contributed by atoms with Crippen molar-refractivity contribution in [2.45, 2.75) is 44.9 Å². The van der Waals surface area contributed by atoms with Crippen LogP contribution in [0.2, 0.25) is 10.0 Å². The number of piperazine rings is 1. The van der Waals surface area contributed by atoms with Crippen molar-refractivity contribution in [2.75, 3.05) is 32.4 Å². The number of hydrogen-bond donors (Lipinski definition) is 1. The number of alkyl halides is 2.